The number of piperidine rings is 1. The Morgan fingerprint density at radius 3 is 2.84 bits per heavy atom. The summed E-state index contributed by atoms with van der Waals surface area (Å²) in [6, 6.07) is 2.40. The van der Waals surface area contributed by atoms with Gasteiger partial charge in [-0.05, 0) is 43.2 Å². The molecule has 8 nitrogen and oxygen atoms in total. The average molecular weight is 364 g/mol. The van der Waals surface area contributed by atoms with Crippen LogP contribution in [0.25, 0.3) is 6.08 Å². The Bertz CT molecular complexity index is 742. The summed E-state index contributed by atoms with van der Waals surface area (Å²) in [7, 11) is 0. The molecule has 3 rings (SSSR count). The summed E-state index contributed by atoms with van der Waals surface area (Å²) in [4.78, 5) is 50.4. The number of likely N-dealkylation sites (tertiary alicyclic amines) is 1. The van der Waals surface area contributed by atoms with Crippen LogP contribution in [0.2, 0.25) is 0 Å². The Hall–Kier alpha value is -2.55. The lowest BCUT2D eigenvalue weighted by atomic mass is 10.0. The molecule has 1 N–H and O–H groups in total. The third-order valence-corrected chi connectivity index (χ3v) is 5.00. The number of rotatable bonds is 4. The molecule has 2 saturated heterocycles. The Labute approximate surface area is 147 Å². The summed E-state index contributed by atoms with van der Waals surface area (Å²) in [5.74, 6) is -1.75. The fourth-order valence-corrected chi connectivity index (χ4v) is 3.67. The van der Waals surface area contributed by atoms with Crippen molar-refractivity contribution in [1.82, 2.24) is 9.80 Å². The van der Waals surface area contributed by atoms with E-state index in [2.05, 4.69) is 0 Å². The zero-order chi connectivity index (χ0) is 18.0. The maximum Gasteiger partial charge on any atom is 0.326 e. The first-order chi connectivity index (χ1) is 12.0. The monoisotopic (exact) mass is 364 g/mol. The van der Waals surface area contributed by atoms with Crippen LogP contribution in [0.4, 0.5) is 4.79 Å². The predicted octanol–water partition coefficient (Wildman–Crippen LogP) is 1.78. The summed E-state index contributed by atoms with van der Waals surface area (Å²) < 4.78 is 5.12. The maximum atomic E-state index is 12.5. The van der Waals surface area contributed by atoms with Crippen LogP contribution >= 0.6 is 11.8 Å². The number of carbonyl (C=O) groups excluding carboxylic acids is 3. The molecule has 0 radical (unpaired) electrons. The van der Waals surface area contributed by atoms with Crippen molar-refractivity contribution in [2.24, 2.45) is 0 Å². The fraction of sp³-hybridized carbons (Fsp3) is 0.375. The number of aliphatic carboxylic acids is 1. The summed E-state index contributed by atoms with van der Waals surface area (Å²) in [5.41, 5.74) is 0. The second-order valence-electron chi connectivity index (χ2n) is 5.72. The first-order valence-corrected chi connectivity index (χ1v) is 8.60. The lowest BCUT2D eigenvalue weighted by Crippen LogP contribution is -2.51. The van der Waals surface area contributed by atoms with Gasteiger partial charge < -0.3 is 14.4 Å². The van der Waals surface area contributed by atoms with E-state index in [-0.39, 0.29) is 4.91 Å². The molecule has 3 amide bonds. The van der Waals surface area contributed by atoms with Crippen molar-refractivity contribution in [2.45, 2.75) is 25.3 Å². The molecule has 0 unspecified atom stereocenters. The van der Waals surface area contributed by atoms with E-state index in [0.717, 1.165) is 23.1 Å². The molecular weight excluding hydrogens is 348 g/mol. The van der Waals surface area contributed by atoms with Gasteiger partial charge in [0, 0.05) is 12.6 Å². The summed E-state index contributed by atoms with van der Waals surface area (Å²) in [5, 5.41) is 8.69. The number of hydrogen-bond donors (Lipinski definition) is 1. The van der Waals surface area contributed by atoms with E-state index < -0.39 is 35.6 Å². The van der Waals surface area contributed by atoms with Gasteiger partial charge in [-0.1, -0.05) is 0 Å². The van der Waals surface area contributed by atoms with E-state index in [1.54, 1.807) is 12.1 Å². The van der Waals surface area contributed by atoms with Gasteiger partial charge in [0.2, 0.25) is 5.91 Å². The maximum absolute atomic E-state index is 12.5. The van der Waals surface area contributed by atoms with Gasteiger partial charge in [-0.25, -0.2) is 4.79 Å². The van der Waals surface area contributed by atoms with Crippen LogP contribution in [0, 0.1) is 0 Å². The minimum atomic E-state index is -1.07. The van der Waals surface area contributed by atoms with Crippen molar-refractivity contribution in [3.63, 3.8) is 0 Å². The molecule has 0 aliphatic carbocycles. The van der Waals surface area contributed by atoms with E-state index in [4.69, 9.17) is 4.42 Å². The summed E-state index contributed by atoms with van der Waals surface area (Å²) in [6.07, 6.45) is 4.70. The number of carbonyl (C=O) groups is 4. The first-order valence-electron chi connectivity index (χ1n) is 7.78. The van der Waals surface area contributed by atoms with Gasteiger partial charge in [0.25, 0.3) is 11.1 Å². The molecule has 0 spiro atoms. The number of carboxylic acids is 1. The quantitative estimate of drug-likeness (QED) is 0.811. The van der Waals surface area contributed by atoms with Gasteiger partial charge in [-0.3, -0.25) is 19.3 Å². The minimum Gasteiger partial charge on any atom is -0.480 e. The van der Waals surface area contributed by atoms with Gasteiger partial charge >= 0.3 is 5.97 Å². The lowest BCUT2D eigenvalue weighted by molar-refractivity contribution is -0.152. The zero-order valence-corrected chi connectivity index (χ0v) is 14.0. The second kappa shape index (κ2) is 7.14. The van der Waals surface area contributed by atoms with Crippen LogP contribution in [-0.4, -0.2) is 57.1 Å². The summed E-state index contributed by atoms with van der Waals surface area (Å²) >= 11 is 0.727. The number of furan rings is 1. The Morgan fingerprint density at radius 2 is 2.16 bits per heavy atom. The first kappa shape index (κ1) is 17.3. The van der Waals surface area contributed by atoms with Crippen LogP contribution in [0.5, 0.6) is 0 Å². The van der Waals surface area contributed by atoms with E-state index in [1.807, 2.05) is 0 Å². The van der Waals surface area contributed by atoms with Gasteiger partial charge in [0.05, 0.1) is 11.2 Å². The highest BCUT2D eigenvalue weighted by molar-refractivity contribution is 8.18. The molecule has 1 aromatic heterocycles. The normalized spacial score (nSPS) is 22.7. The Balaban J connectivity index is 1.71. The number of amides is 3. The SMILES string of the molecule is O=C(O)[C@@H]1CCCCN1C(=O)CN1C(=O)S/C(=C\c2ccco2)C1=O. The fourth-order valence-electron chi connectivity index (χ4n) is 2.85. The molecule has 2 fully saturated rings. The van der Waals surface area contributed by atoms with Gasteiger partial charge in [-0.2, -0.15) is 0 Å². The molecule has 2 aliphatic rings. The van der Waals surface area contributed by atoms with E-state index in [9.17, 15) is 24.3 Å². The van der Waals surface area contributed by atoms with Crippen molar-refractivity contribution < 1.29 is 28.7 Å². The molecule has 0 bridgehead atoms. The molecule has 1 aromatic rings. The van der Waals surface area contributed by atoms with Crippen LogP contribution in [-0.2, 0) is 14.4 Å². The van der Waals surface area contributed by atoms with Crippen LogP contribution in [0.3, 0.4) is 0 Å². The number of thioether (sulfide) groups is 1. The van der Waals surface area contributed by atoms with Crippen LogP contribution < -0.4 is 0 Å². The number of carboxylic acid groups (broad SMARTS) is 1. The third-order valence-electron chi connectivity index (χ3n) is 4.09. The number of hydrogen-bond acceptors (Lipinski definition) is 6. The summed E-state index contributed by atoms with van der Waals surface area (Å²) in [6.45, 7) is -0.141. The van der Waals surface area contributed by atoms with Gasteiger partial charge in [0.1, 0.15) is 18.3 Å². The van der Waals surface area contributed by atoms with E-state index in [0.29, 0.717) is 25.1 Å². The van der Waals surface area contributed by atoms with E-state index >= 15 is 0 Å². The van der Waals surface area contributed by atoms with Crippen LogP contribution in [0.1, 0.15) is 25.0 Å². The van der Waals surface area contributed by atoms with Crippen molar-refractivity contribution >= 4 is 40.9 Å². The molecule has 3 heterocycles. The van der Waals surface area contributed by atoms with Crippen molar-refractivity contribution in [1.29, 1.82) is 0 Å². The molecule has 0 aromatic carbocycles. The standard InChI is InChI=1S/C16H16N2O6S/c19-13(17-6-2-1-5-11(17)15(21)22)9-18-14(20)12(25-16(18)23)8-10-4-3-7-24-10/h3-4,7-8,11H,1-2,5-6,9H2,(H,21,22)/b12-8-/t11-/m0/s1. The highest BCUT2D eigenvalue weighted by atomic mass is 32.2. The van der Waals surface area contributed by atoms with E-state index in [1.165, 1.54) is 17.2 Å². The van der Waals surface area contributed by atoms with Crippen LogP contribution in [0.15, 0.2) is 27.7 Å². The lowest BCUT2D eigenvalue weighted by Gasteiger charge is -2.33. The molecule has 1 atom stereocenters. The average Bonchev–Trinajstić information content (AvgIpc) is 3.19. The smallest absolute Gasteiger partial charge is 0.326 e. The predicted molar refractivity (Wildman–Crippen MR) is 88.4 cm³/mol. The molecule has 132 valence electrons. The van der Waals surface area contributed by atoms with Crippen molar-refractivity contribution in [3.8, 4) is 0 Å². The number of nitrogens with zero attached hydrogens (tertiary/aromatic N) is 2. The molecule has 0 saturated carbocycles. The third kappa shape index (κ3) is 3.60. The highest BCUT2D eigenvalue weighted by Crippen LogP contribution is 2.32. The molecular formula is C16H16N2O6S. The van der Waals surface area contributed by atoms with Gasteiger partial charge in [-0.15, -0.1) is 0 Å². The number of imide groups is 1. The zero-order valence-electron chi connectivity index (χ0n) is 13.2. The van der Waals surface area contributed by atoms with Crippen molar-refractivity contribution in [3.05, 3.63) is 29.1 Å². The molecule has 9 heteroatoms. The molecule has 2 aliphatic heterocycles. The Kier molecular flexibility index (Phi) is 4.93. The minimum absolute atomic E-state index is 0.168. The van der Waals surface area contributed by atoms with Crippen molar-refractivity contribution in [2.75, 3.05) is 13.1 Å². The second-order valence-corrected chi connectivity index (χ2v) is 6.71. The molecule has 25 heavy (non-hydrogen) atoms. The van der Waals surface area contributed by atoms with Gasteiger partial charge in [0.15, 0.2) is 0 Å². The topological polar surface area (TPSA) is 108 Å². The Morgan fingerprint density at radius 1 is 1.36 bits per heavy atom. The largest absolute Gasteiger partial charge is 0.480 e. The highest BCUT2D eigenvalue weighted by Gasteiger charge is 2.39.